The number of unbranched alkanes of at least 4 members (excludes halogenated alkanes) is 1. The number of rotatable bonds is 7. The van der Waals surface area contributed by atoms with Gasteiger partial charge in [0.2, 0.25) is 0 Å². The molecule has 3 N–H and O–H groups in total. The number of nitrogens with one attached hydrogen (secondary N) is 1. The van der Waals surface area contributed by atoms with E-state index in [1.165, 1.54) is 28.3 Å². The molecule has 0 fully saturated rings. The summed E-state index contributed by atoms with van der Waals surface area (Å²) in [6.45, 7) is 5.05. The highest BCUT2D eigenvalue weighted by molar-refractivity contribution is 5.83. The highest BCUT2D eigenvalue weighted by atomic mass is 14.8. The van der Waals surface area contributed by atoms with Gasteiger partial charge in [0.15, 0.2) is 0 Å². The fourth-order valence-electron chi connectivity index (χ4n) is 2.32. The van der Waals surface area contributed by atoms with Crippen LogP contribution in [0.2, 0.25) is 0 Å². The van der Waals surface area contributed by atoms with Gasteiger partial charge < -0.3 is 11.1 Å². The van der Waals surface area contributed by atoms with Crippen LogP contribution in [0.5, 0.6) is 0 Å². The quantitative estimate of drug-likeness (QED) is 0.747. The van der Waals surface area contributed by atoms with Crippen molar-refractivity contribution in [3.8, 4) is 0 Å². The van der Waals surface area contributed by atoms with E-state index < -0.39 is 0 Å². The summed E-state index contributed by atoms with van der Waals surface area (Å²) in [4.78, 5) is 0. The van der Waals surface area contributed by atoms with Gasteiger partial charge in [0.05, 0.1) is 0 Å². The van der Waals surface area contributed by atoms with Crippen molar-refractivity contribution in [3.05, 3.63) is 47.5 Å². The van der Waals surface area contributed by atoms with Crippen LogP contribution < -0.4 is 11.1 Å². The molecule has 2 heteroatoms. The molecule has 0 bridgehead atoms. The zero-order valence-electron chi connectivity index (χ0n) is 11.8. The zero-order valence-corrected chi connectivity index (χ0v) is 11.8. The van der Waals surface area contributed by atoms with Gasteiger partial charge in [-0.05, 0) is 62.2 Å². The molecule has 2 aromatic rings. The Morgan fingerprint density at radius 2 is 1.74 bits per heavy atom. The normalized spacial score (nSPS) is 11.1. The van der Waals surface area contributed by atoms with Gasteiger partial charge >= 0.3 is 0 Å². The largest absolute Gasteiger partial charge is 0.330 e. The van der Waals surface area contributed by atoms with Gasteiger partial charge in [-0.15, -0.1) is 0 Å². The number of hydrogen-bond acceptors (Lipinski definition) is 2. The Bertz CT molecular complexity index is 520. The number of aryl methyl sites for hydroxylation is 1. The van der Waals surface area contributed by atoms with Gasteiger partial charge in [0, 0.05) is 0 Å². The second kappa shape index (κ2) is 7.27. The average Bonchev–Trinajstić information content (AvgIpc) is 2.43. The van der Waals surface area contributed by atoms with Crippen molar-refractivity contribution in [1.29, 1.82) is 0 Å². The second-order valence-corrected chi connectivity index (χ2v) is 5.18. The zero-order chi connectivity index (χ0) is 13.5. The van der Waals surface area contributed by atoms with Crippen LogP contribution in [0.4, 0.5) is 0 Å². The Hall–Kier alpha value is -1.38. The van der Waals surface area contributed by atoms with E-state index in [0.717, 1.165) is 32.5 Å². The lowest BCUT2D eigenvalue weighted by Gasteiger charge is -2.06. The third-order valence-electron chi connectivity index (χ3n) is 3.46. The van der Waals surface area contributed by atoms with Gasteiger partial charge in [0.25, 0.3) is 0 Å². The Balaban J connectivity index is 1.86. The van der Waals surface area contributed by atoms with Crippen molar-refractivity contribution < 1.29 is 0 Å². The van der Waals surface area contributed by atoms with Crippen molar-refractivity contribution in [2.75, 3.05) is 19.6 Å². The van der Waals surface area contributed by atoms with Gasteiger partial charge in [-0.25, -0.2) is 0 Å². The van der Waals surface area contributed by atoms with E-state index >= 15 is 0 Å². The van der Waals surface area contributed by atoms with Crippen LogP contribution in [0.1, 0.15) is 24.0 Å². The minimum Gasteiger partial charge on any atom is -0.330 e. The van der Waals surface area contributed by atoms with Crippen molar-refractivity contribution >= 4 is 10.8 Å². The van der Waals surface area contributed by atoms with Crippen LogP contribution in [-0.2, 0) is 6.42 Å². The van der Waals surface area contributed by atoms with Crippen LogP contribution in [0, 0.1) is 6.92 Å². The Morgan fingerprint density at radius 3 is 2.58 bits per heavy atom. The molecule has 19 heavy (non-hydrogen) atoms. The van der Waals surface area contributed by atoms with E-state index in [1.54, 1.807) is 0 Å². The molecule has 0 radical (unpaired) electrons. The molecule has 0 aliphatic heterocycles. The lowest BCUT2D eigenvalue weighted by atomic mass is 10.0. The maximum atomic E-state index is 5.47. The van der Waals surface area contributed by atoms with Crippen molar-refractivity contribution in [2.24, 2.45) is 5.73 Å². The van der Waals surface area contributed by atoms with Crippen molar-refractivity contribution in [1.82, 2.24) is 5.32 Å². The highest BCUT2D eigenvalue weighted by Gasteiger charge is 1.97. The molecule has 0 heterocycles. The predicted octanol–water partition coefficient (Wildman–Crippen LogP) is 3.02. The molecular weight excluding hydrogens is 232 g/mol. The lowest BCUT2D eigenvalue weighted by Crippen LogP contribution is -2.19. The van der Waals surface area contributed by atoms with E-state index in [1.807, 2.05) is 0 Å². The van der Waals surface area contributed by atoms with Gasteiger partial charge in [-0.3, -0.25) is 0 Å². The summed E-state index contributed by atoms with van der Waals surface area (Å²) in [6, 6.07) is 13.4. The number of hydrogen-bond donors (Lipinski definition) is 2. The first-order chi connectivity index (χ1) is 9.29. The molecule has 0 saturated carbocycles. The topological polar surface area (TPSA) is 38.0 Å². The molecule has 0 aromatic heterocycles. The molecule has 0 atom stereocenters. The maximum absolute atomic E-state index is 5.47. The molecule has 0 aliphatic carbocycles. The van der Waals surface area contributed by atoms with Crippen molar-refractivity contribution in [2.45, 2.75) is 26.2 Å². The first-order valence-corrected chi connectivity index (χ1v) is 7.19. The summed E-state index contributed by atoms with van der Waals surface area (Å²) in [7, 11) is 0. The van der Waals surface area contributed by atoms with Crippen LogP contribution in [0.25, 0.3) is 10.8 Å². The fraction of sp³-hybridized carbons (Fsp3) is 0.412. The number of fused-ring (bicyclic) bond motifs is 1. The summed E-state index contributed by atoms with van der Waals surface area (Å²) >= 11 is 0. The van der Waals surface area contributed by atoms with E-state index in [2.05, 4.69) is 48.6 Å². The maximum Gasteiger partial charge on any atom is -0.000835 e. The number of nitrogens with two attached hydrogens (primary N) is 1. The monoisotopic (exact) mass is 256 g/mol. The second-order valence-electron chi connectivity index (χ2n) is 5.18. The first kappa shape index (κ1) is 14.0. The Morgan fingerprint density at radius 1 is 0.947 bits per heavy atom. The summed E-state index contributed by atoms with van der Waals surface area (Å²) in [5, 5.41) is 6.14. The van der Waals surface area contributed by atoms with Gasteiger partial charge in [-0.1, -0.05) is 42.0 Å². The fourth-order valence-corrected chi connectivity index (χ4v) is 2.32. The van der Waals surface area contributed by atoms with Crippen LogP contribution in [0.15, 0.2) is 36.4 Å². The van der Waals surface area contributed by atoms with Crippen LogP contribution >= 0.6 is 0 Å². The summed E-state index contributed by atoms with van der Waals surface area (Å²) in [5.74, 6) is 0. The first-order valence-electron chi connectivity index (χ1n) is 7.19. The molecule has 0 aliphatic rings. The molecule has 2 nitrogen and oxygen atoms in total. The molecule has 0 saturated heterocycles. The molecule has 2 aromatic carbocycles. The molecule has 2 rings (SSSR count). The number of benzene rings is 2. The standard InChI is InChI=1S/C17H24N2/c1-14-4-6-17-13-15(5-7-16(17)12-14)8-11-19-10-3-2-9-18/h4-7,12-13,19H,2-3,8-11,18H2,1H3. The third-order valence-corrected chi connectivity index (χ3v) is 3.46. The Labute approximate surface area is 116 Å². The van der Waals surface area contributed by atoms with Gasteiger partial charge in [-0.2, -0.15) is 0 Å². The lowest BCUT2D eigenvalue weighted by molar-refractivity contribution is 0.627. The van der Waals surface area contributed by atoms with Crippen LogP contribution in [0.3, 0.4) is 0 Å². The SMILES string of the molecule is Cc1ccc2cc(CCNCCCCN)ccc2c1. The molecule has 102 valence electrons. The molecule has 0 spiro atoms. The Kier molecular flexibility index (Phi) is 5.37. The third kappa shape index (κ3) is 4.34. The van der Waals surface area contributed by atoms with E-state index in [4.69, 9.17) is 5.73 Å². The molecule has 0 unspecified atom stereocenters. The van der Waals surface area contributed by atoms with E-state index in [9.17, 15) is 0 Å². The summed E-state index contributed by atoms with van der Waals surface area (Å²) in [5.41, 5.74) is 8.20. The van der Waals surface area contributed by atoms with Crippen LogP contribution in [-0.4, -0.2) is 19.6 Å². The van der Waals surface area contributed by atoms with Crippen molar-refractivity contribution in [3.63, 3.8) is 0 Å². The smallest absolute Gasteiger partial charge is 0.000835 e. The highest BCUT2D eigenvalue weighted by Crippen LogP contribution is 2.17. The minimum atomic E-state index is 0.797. The van der Waals surface area contributed by atoms with Gasteiger partial charge in [0.1, 0.15) is 0 Å². The average molecular weight is 256 g/mol. The van der Waals surface area contributed by atoms with E-state index in [0.29, 0.717) is 0 Å². The molecular formula is C17H24N2. The molecule has 0 amide bonds. The summed E-state index contributed by atoms with van der Waals surface area (Å²) < 4.78 is 0. The van der Waals surface area contributed by atoms with E-state index in [-0.39, 0.29) is 0 Å². The minimum absolute atomic E-state index is 0.797. The summed E-state index contributed by atoms with van der Waals surface area (Å²) in [6.07, 6.45) is 3.38. The predicted molar refractivity (Wildman–Crippen MR) is 83.5 cm³/mol.